The Bertz CT molecular complexity index is 426. The Labute approximate surface area is 99.7 Å². The molecule has 0 aromatic carbocycles. The van der Waals surface area contributed by atoms with Gasteiger partial charge in [-0.05, 0) is 37.4 Å². The molecule has 17 heavy (non-hydrogen) atoms. The van der Waals surface area contributed by atoms with Crippen molar-refractivity contribution >= 4 is 5.91 Å². The van der Waals surface area contributed by atoms with E-state index in [-0.39, 0.29) is 5.91 Å². The quantitative estimate of drug-likeness (QED) is 0.353. The van der Waals surface area contributed by atoms with Gasteiger partial charge in [-0.15, -0.1) is 0 Å². The summed E-state index contributed by atoms with van der Waals surface area (Å²) in [6.45, 7) is 2.88. The maximum atomic E-state index is 11.6. The third kappa shape index (κ3) is 4.99. The van der Waals surface area contributed by atoms with Crippen molar-refractivity contribution < 1.29 is 4.79 Å². The summed E-state index contributed by atoms with van der Waals surface area (Å²) < 4.78 is 0. The van der Waals surface area contributed by atoms with Crippen molar-refractivity contribution in [3.63, 3.8) is 0 Å². The molecule has 1 heterocycles. The molecule has 0 atom stereocenters. The monoisotopic (exact) mass is 233 g/mol. The van der Waals surface area contributed by atoms with E-state index in [1.165, 1.54) is 0 Å². The molecule has 0 radical (unpaired) electrons. The van der Waals surface area contributed by atoms with Crippen LogP contribution in [-0.4, -0.2) is 24.0 Å². The number of hydrogen-bond acceptors (Lipinski definition) is 3. The van der Waals surface area contributed by atoms with E-state index in [0.29, 0.717) is 18.8 Å². The Balaban J connectivity index is 2.28. The van der Waals surface area contributed by atoms with E-state index in [1.807, 2.05) is 13.0 Å². The van der Waals surface area contributed by atoms with E-state index in [2.05, 4.69) is 20.3 Å². The van der Waals surface area contributed by atoms with Crippen LogP contribution in [0.3, 0.4) is 0 Å². The minimum absolute atomic E-state index is 0.169. The van der Waals surface area contributed by atoms with Crippen LogP contribution in [0.5, 0.6) is 0 Å². The summed E-state index contributed by atoms with van der Waals surface area (Å²) in [5, 5.41) is 6.18. The summed E-state index contributed by atoms with van der Waals surface area (Å²) >= 11 is 0. The van der Waals surface area contributed by atoms with Crippen LogP contribution in [0.4, 0.5) is 0 Å². The highest BCUT2D eigenvalue weighted by atomic mass is 16.1. The molecule has 0 unspecified atom stereocenters. The highest BCUT2D eigenvalue weighted by molar-refractivity contribution is 5.92. The van der Waals surface area contributed by atoms with Gasteiger partial charge < -0.3 is 5.32 Å². The Kier molecular flexibility index (Phi) is 5.54. The minimum Gasteiger partial charge on any atom is -0.351 e. The van der Waals surface area contributed by atoms with Crippen LogP contribution >= 0.6 is 0 Å². The van der Waals surface area contributed by atoms with Gasteiger partial charge in [0, 0.05) is 23.7 Å². The van der Waals surface area contributed by atoms with Crippen LogP contribution in [0.25, 0.3) is 10.4 Å². The molecular formula is C11H15N5O. The molecule has 0 saturated carbocycles. The lowest BCUT2D eigenvalue weighted by molar-refractivity contribution is 0.0948. The number of carbonyl (C=O) groups is 1. The number of amides is 1. The molecule has 1 amide bonds. The third-order valence-electron chi connectivity index (χ3n) is 2.15. The van der Waals surface area contributed by atoms with Crippen LogP contribution in [0, 0.1) is 6.92 Å². The molecule has 1 N–H and O–H groups in total. The van der Waals surface area contributed by atoms with E-state index in [0.717, 1.165) is 18.5 Å². The lowest BCUT2D eigenvalue weighted by atomic mass is 10.3. The van der Waals surface area contributed by atoms with Crippen molar-refractivity contribution in [3.8, 4) is 0 Å². The second-order valence-electron chi connectivity index (χ2n) is 3.58. The predicted octanol–water partition coefficient (Wildman–Crippen LogP) is 2.21. The Hall–Kier alpha value is -2.07. The average molecular weight is 233 g/mol. The van der Waals surface area contributed by atoms with Gasteiger partial charge in [-0.1, -0.05) is 11.2 Å². The van der Waals surface area contributed by atoms with Crippen molar-refractivity contribution in [3.05, 3.63) is 40.0 Å². The molecule has 1 aromatic rings. The molecule has 0 fully saturated rings. The van der Waals surface area contributed by atoms with Gasteiger partial charge in [-0.25, -0.2) is 4.98 Å². The van der Waals surface area contributed by atoms with Gasteiger partial charge in [0.15, 0.2) is 0 Å². The first kappa shape index (κ1) is 13.0. The molecule has 6 nitrogen and oxygen atoms in total. The van der Waals surface area contributed by atoms with E-state index in [4.69, 9.17) is 5.53 Å². The van der Waals surface area contributed by atoms with Gasteiger partial charge in [-0.3, -0.25) is 4.79 Å². The summed E-state index contributed by atoms with van der Waals surface area (Å²) in [6, 6.07) is 5.33. The molecule has 0 saturated heterocycles. The number of hydrogen-bond donors (Lipinski definition) is 1. The minimum atomic E-state index is -0.169. The van der Waals surface area contributed by atoms with Gasteiger partial charge in [-0.2, -0.15) is 0 Å². The third-order valence-corrected chi connectivity index (χ3v) is 2.15. The van der Waals surface area contributed by atoms with Crippen LogP contribution < -0.4 is 5.32 Å². The molecule has 1 aromatic heterocycles. The van der Waals surface area contributed by atoms with E-state index < -0.39 is 0 Å². The lowest BCUT2D eigenvalue weighted by Gasteiger charge is -2.04. The van der Waals surface area contributed by atoms with E-state index >= 15 is 0 Å². The normalized spacial score (nSPS) is 9.47. The molecular weight excluding hydrogens is 218 g/mol. The molecule has 0 aliphatic heterocycles. The maximum Gasteiger partial charge on any atom is 0.269 e. The number of nitrogens with zero attached hydrogens (tertiary/aromatic N) is 4. The Morgan fingerprint density at radius 3 is 3.06 bits per heavy atom. The van der Waals surface area contributed by atoms with Gasteiger partial charge >= 0.3 is 0 Å². The zero-order valence-electron chi connectivity index (χ0n) is 9.76. The van der Waals surface area contributed by atoms with Crippen molar-refractivity contribution in [2.45, 2.75) is 19.8 Å². The van der Waals surface area contributed by atoms with E-state index in [1.54, 1.807) is 12.1 Å². The molecule has 0 spiro atoms. The Morgan fingerprint density at radius 1 is 1.53 bits per heavy atom. The van der Waals surface area contributed by atoms with Crippen molar-refractivity contribution in [1.29, 1.82) is 0 Å². The molecule has 90 valence electrons. The molecule has 0 aliphatic rings. The molecule has 1 rings (SSSR count). The summed E-state index contributed by atoms with van der Waals surface area (Å²) in [4.78, 5) is 18.4. The highest BCUT2D eigenvalue weighted by Gasteiger charge is 2.05. The van der Waals surface area contributed by atoms with Gasteiger partial charge in [0.25, 0.3) is 5.91 Å². The number of carbonyl (C=O) groups excluding carboxylic acids is 1. The highest BCUT2D eigenvalue weighted by Crippen LogP contribution is 1.98. The number of rotatable bonds is 6. The number of unbranched alkanes of at least 4 members (excludes halogenated alkanes) is 1. The number of pyridine rings is 1. The summed E-state index contributed by atoms with van der Waals surface area (Å²) in [5.41, 5.74) is 9.32. The smallest absolute Gasteiger partial charge is 0.269 e. The van der Waals surface area contributed by atoms with Crippen molar-refractivity contribution in [1.82, 2.24) is 10.3 Å². The summed E-state index contributed by atoms with van der Waals surface area (Å²) in [7, 11) is 0. The van der Waals surface area contributed by atoms with Crippen LogP contribution in [0.15, 0.2) is 23.3 Å². The van der Waals surface area contributed by atoms with Crippen LogP contribution in [0.2, 0.25) is 0 Å². The first-order valence-electron chi connectivity index (χ1n) is 5.47. The first-order valence-corrected chi connectivity index (χ1v) is 5.47. The summed E-state index contributed by atoms with van der Waals surface area (Å²) in [6.07, 6.45) is 1.56. The van der Waals surface area contributed by atoms with Gasteiger partial charge in [0.1, 0.15) is 5.69 Å². The number of azide groups is 1. The molecule has 0 aliphatic carbocycles. The van der Waals surface area contributed by atoms with Crippen molar-refractivity contribution in [2.75, 3.05) is 13.1 Å². The standard InChI is InChI=1S/C11H15N5O/c1-9-5-4-6-10(15-9)11(17)13-7-2-3-8-14-16-12/h4-6H,2-3,7-8H2,1H3,(H,13,17). The maximum absolute atomic E-state index is 11.6. The predicted molar refractivity (Wildman–Crippen MR) is 64.6 cm³/mol. The second kappa shape index (κ2) is 7.24. The number of nitrogens with one attached hydrogen (secondary N) is 1. The van der Waals surface area contributed by atoms with E-state index in [9.17, 15) is 4.79 Å². The number of aryl methyl sites for hydroxylation is 1. The lowest BCUT2D eigenvalue weighted by Crippen LogP contribution is -2.25. The van der Waals surface area contributed by atoms with Gasteiger partial charge in [0.05, 0.1) is 0 Å². The zero-order chi connectivity index (χ0) is 12.5. The molecule has 6 heteroatoms. The first-order chi connectivity index (χ1) is 8.24. The van der Waals surface area contributed by atoms with Crippen LogP contribution in [0.1, 0.15) is 29.0 Å². The van der Waals surface area contributed by atoms with Crippen LogP contribution in [-0.2, 0) is 0 Å². The topological polar surface area (TPSA) is 90.8 Å². The largest absolute Gasteiger partial charge is 0.351 e. The number of aromatic nitrogens is 1. The zero-order valence-corrected chi connectivity index (χ0v) is 9.76. The summed E-state index contributed by atoms with van der Waals surface area (Å²) in [5.74, 6) is -0.169. The van der Waals surface area contributed by atoms with Crippen molar-refractivity contribution in [2.24, 2.45) is 5.11 Å². The average Bonchev–Trinajstić information content (AvgIpc) is 2.33. The Morgan fingerprint density at radius 2 is 2.35 bits per heavy atom. The second-order valence-corrected chi connectivity index (χ2v) is 3.58. The SMILES string of the molecule is Cc1cccc(C(=O)NCCCCN=[N+]=[N-])n1. The molecule has 0 bridgehead atoms. The fraction of sp³-hybridized carbons (Fsp3) is 0.455. The van der Waals surface area contributed by atoms with Gasteiger partial charge in [0.2, 0.25) is 0 Å². The fourth-order valence-corrected chi connectivity index (χ4v) is 1.31. The fourth-order valence-electron chi connectivity index (χ4n) is 1.31.